The SMILES string of the molecule is CCCn1nc(C(=O)NC2C[C@H]3COC[C@@H](C2)N3Cc2cccc(OC)c2)c2ccccc21. The van der Waals surface area contributed by atoms with Gasteiger partial charge in [-0.15, -0.1) is 0 Å². The van der Waals surface area contributed by atoms with E-state index in [9.17, 15) is 4.79 Å². The van der Waals surface area contributed by atoms with Crippen LogP contribution in [0.1, 0.15) is 42.2 Å². The van der Waals surface area contributed by atoms with Gasteiger partial charge < -0.3 is 14.8 Å². The minimum absolute atomic E-state index is 0.0775. The van der Waals surface area contributed by atoms with E-state index in [1.54, 1.807) is 7.11 Å². The number of amides is 1. The number of nitrogens with one attached hydrogen (secondary N) is 1. The Labute approximate surface area is 194 Å². The van der Waals surface area contributed by atoms with Crippen molar-refractivity contribution in [2.75, 3.05) is 20.3 Å². The highest BCUT2D eigenvalue weighted by molar-refractivity contribution is 6.05. The number of aromatic nitrogens is 2. The van der Waals surface area contributed by atoms with Gasteiger partial charge in [-0.05, 0) is 43.0 Å². The molecule has 0 aliphatic carbocycles. The standard InChI is InChI=1S/C26H32N4O3/c1-3-11-30-24-10-5-4-9-23(24)25(28-30)26(31)27-19-13-20-16-33-17-21(14-19)29(20)15-18-7-6-8-22(12-18)32-2/h4-10,12,19-21H,3,11,13-17H2,1-2H3,(H,27,31)/t19?,20-,21+. The molecule has 2 saturated heterocycles. The molecule has 0 radical (unpaired) electrons. The molecular weight excluding hydrogens is 416 g/mol. The van der Waals surface area contributed by atoms with Crippen molar-refractivity contribution in [3.05, 3.63) is 59.8 Å². The van der Waals surface area contributed by atoms with Crippen LogP contribution in [-0.4, -0.2) is 59.0 Å². The van der Waals surface area contributed by atoms with E-state index in [1.807, 2.05) is 41.1 Å². The van der Waals surface area contributed by atoms with Crippen molar-refractivity contribution in [3.8, 4) is 5.75 Å². The highest BCUT2D eigenvalue weighted by atomic mass is 16.5. The molecule has 1 amide bonds. The molecule has 33 heavy (non-hydrogen) atoms. The summed E-state index contributed by atoms with van der Waals surface area (Å²) in [6, 6.07) is 16.9. The largest absolute Gasteiger partial charge is 0.497 e. The molecule has 1 aromatic heterocycles. The Kier molecular flexibility index (Phi) is 6.33. The maximum absolute atomic E-state index is 13.3. The van der Waals surface area contributed by atoms with Crippen LogP contribution in [0.25, 0.3) is 10.9 Å². The maximum atomic E-state index is 13.3. The first kappa shape index (κ1) is 21.9. The molecule has 2 fully saturated rings. The quantitative estimate of drug-likeness (QED) is 0.598. The number of para-hydroxylation sites is 1. The summed E-state index contributed by atoms with van der Waals surface area (Å²) in [7, 11) is 1.70. The molecule has 0 spiro atoms. The molecule has 7 heteroatoms. The number of rotatable bonds is 7. The monoisotopic (exact) mass is 448 g/mol. The molecule has 3 heterocycles. The fourth-order valence-corrected chi connectivity index (χ4v) is 5.28. The summed E-state index contributed by atoms with van der Waals surface area (Å²) in [5.41, 5.74) is 2.78. The molecule has 2 aromatic carbocycles. The van der Waals surface area contributed by atoms with E-state index in [-0.39, 0.29) is 24.0 Å². The first-order valence-corrected chi connectivity index (χ1v) is 11.9. The highest BCUT2D eigenvalue weighted by Crippen LogP contribution is 2.30. The van der Waals surface area contributed by atoms with Gasteiger partial charge in [-0.25, -0.2) is 0 Å². The number of carbonyl (C=O) groups is 1. The Bertz CT molecular complexity index is 1110. The lowest BCUT2D eigenvalue weighted by atomic mass is 9.89. The minimum atomic E-state index is -0.0775. The minimum Gasteiger partial charge on any atom is -0.497 e. The third-order valence-electron chi connectivity index (χ3n) is 6.81. The Morgan fingerprint density at radius 1 is 1.15 bits per heavy atom. The van der Waals surface area contributed by atoms with Crippen LogP contribution in [0.15, 0.2) is 48.5 Å². The Hall–Kier alpha value is -2.90. The van der Waals surface area contributed by atoms with Gasteiger partial charge >= 0.3 is 0 Å². The Morgan fingerprint density at radius 3 is 2.70 bits per heavy atom. The second kappa shape index (κ2) is 9.53. The van der Waals surface area contributed by atoms with Crippen LogP contribution in [0, 0.1) is 0 Å². The number of carbonyl (C=O) groups excluding carboxylic acids is 1. The topological polar surface area (TPSA) is 68.6 Å². The van der Waals surface area contributed by atoms with Gasteiger partial charge in [-0.3, -0.25) is 14.4 Å². The molecule has 3 aromatic rings. The average molecular weight is 449 g/mol. The maximum Gasteiger partial charge on any atom is 0.272 e. The van der Waals surface area contributed by atoms with E-state index in [4.69, 9.17) is 9.47 Å². The number of fused-ring (bicyclic) bond motifs is 3. The molecule has 2 aliphatic rings. The third-order valence-corrected chi connectivity index (χ3v) is 6.81. The molecule has 174 valence electrons. The molecule has 5 rings (SSSR count). The fourth-order valence-electron chi connectivity index (χ4n) is 5.28. The van der Waals surface area contributed by atoms with E-state index >= 15 is 0 Å². The Balaban J connectivity index is 1.30. The lowest BCUT2D eigenvalue weighted by Gasteiger charge is -2.48. The number of aryl methyl sites for hydroxylation is 1. The van der Waals surface area contributed by atoms with Crippen LogP contribution in [0.3, 0.4) is 0 Å². The van der Waals surface area contributed by atoms with E-state index < -0.39 is 0 Å². The van der Waals surface area contributed by atoms with Crippen LogP contribution in [0.4, 0.5) is 0 Å². The van der Waals surface area contributed by atoms with E-state index in [0.29, 0.717) is 18.9 Å². The second-order valence-electron chi connectivity index (χ2n) is 9.10. The summed E-state index contributed by atoms with van der Waals surface area (Å²) >= 11 is 0. The number of ether oxygens (including phenoxy) is 2. The lowest BCUT2D eigenvalue weighted by molar-refractivity contribution is -0.0843. The molecule has 2 aliphatic heterocycles. The van der Waals surface area contributed by atoms with Crippen molar-refractivity contribution < 1.29 is 14.3 Å². The van der Waals surface area contributed by atoms with Crippen LogP contribution >= 0.6 is 0 Å². The van der Waals surface area contributed by atoms with Crippen LogP contribution < -0.4 is 10.1 Å². The molecule has 1 unspecified atom stereocenters. The molecule has 3 atom stereocenters. The summed E-state index contributed by atoms with van der Waals surface area (Å²) in [6.45, 7) is 5.18. The number of piperidine rings is 1. The van der Waals surface area contributed by atoms with Crippen molar-refractivity contribution in [2.24, 2.45) is 0 Å². The zero-order chi connectivity index (χ0) is 22.8. The normalized spacial score (nSPS) is 22.9. The van der Waals surface area contributed by atoms with Crippen LogP contribution in [0.2, 0.25) is 0 Å². The first-order chi connectivity index (χ1) is 16.2. The molecule has 2 bridgehead atoms. The fraction of sp³-hybridized carbons (Fsp3) is 0.462. The van der Waals surface area contributed by atoms with Gasteiger partial charge in [-0.1, -0.05) is 37.3 Å². The highest BCUT2D eigenvalue weighted by Gasteiger charge is 2.39. The summed E-state index contributed by atoms with van der Waals surface area (Å²) in [4.78, 5) is 15.8. The second-order valence-corrected chi connectivity index (χ2v) is 9.10. The molecular formula is C26H32N4O3. The number of benzene rings is 2. The summed E-state index contributed by atoms with van der Waals surface area (Å²) < 4.78 is 13.2. The number of hydrogen-bond acceptors (Lipinski definition) is 5. The van der Waals surface area contributed by atoms with Gasteiger partial charge in [0.1, 0.15) is 5.75 Å². The van der Waals surface area contributed by atoms with Gasteiger partial charge in [0.15, 0.2) is 5.69 Å². The number of hydrogen-bond donors (Lipinski definition) is 1. The van der Waals surface area contributed by atoms with Gasteiger partial charge in [-0.2, -0.15) is 5.10 Å². The third kappa shape index (κ3) is 4.48. The smallest absolute Gasteiger partial charge is 0.272 e. The van der Waals surface area contributed by atoms with E-state index in [2.05, 4.69) is 34.4 Å². The van der Waals surface area contributed by atoms with Crippen LogP contribution in [0.5, 0.6) is 5.75 Å². The number of morpholine rings is 1. The van der Waals surface area contributed by atoms with Crippen molar-refractivity contribution in [3.63, 3.8) is 0 Å². The van der Waals surface area contributed by atoms with Gasteiger partial charge in [0.25, 0.3) is 5.91 Å². The zero-order valence-electron chi connectivity index (χ0n) is 19.4. The summed E-state index contributed by atoms with van der Waals surface area (Å²) in [5.74, 6) is 0.803. The number of nitrogens with zero attached hydrogens (tertiary/aromatic N) is 3. The molecule has 0 saturated carbocycles. The predicted molar refractivity (Wildman–Crippen MR) is 127 cm³/mol. The lowest BCUT2D eigenvalue weighted by Crippen LogP contribution is -2.60. The van der Waals surface area contributed by atoms with Gasteiger partial charge in [0.2, 0.25) is 0 Å². The summed E-state index contributed by atoms with van der Waals surface area (Å²) in [6.07, 6.45) is 2.72. The first-order valence-electron chi connectivity index (χ1n) is 11.9. The molecule has 7 nitrogen and oxygen atoms in total. The van der Waals surface area contributed by atoms with E-state index in [0.717, 1.165) is 49.0 Å². The predicted octanol–water partition coefficient (Wildman–Crippen LogP) is 3.62. The van der Waals surface area contributed by atoms with E-state index in [1.165, 1.54) is 5.56 Å². The van der Waals surface area contributed by atoms with Crippen molar-refractivity contribution in [2.45, 2.75) is 57.4 Å². The van der Waals surface area contributed by atoms with Crippen molar-refractivity contribution in [1.82, 2.24) is 20.0 Å². The van der Waals surface area contributed by atoms with Gasteiger partial charge in [0.05, 0.1) is 25.8 Å². The number of methoxy groups -OCH3 is 1. The van der Waals surface area contributed by atoms with Crippen molar-refractivity contribution in [1.29, 1.82) is 0 Å². The Morgan fingerprint density at radius 2 is 1.94 bits per heavy atom. The molecule has 1 N–H and O–H groups in total. The zero-order valence-corrected chi connectivity index (χ0v) is 19.4. The average Bonchev–Trinajstić information content (AvgIpc) is 3.19. The van der Waals surface area contributed by atoms with Crippen LogP contribution in [-0.2, 0) is 17.8 Å². The van der Waals surface area contributed by atoms with Gasteiger partial charge in [0, 0.05) is 36.6 Å². The summed E-state index contributed by atoms with van der Waals surface area (Å²) in [5, 5.41) is 8.88. The van der Waals surface area contributed by atoms with Crippen molar-refractivity contribution >= 4 is 16.8 Å².